The van der Waals surface area contributed by atoms with Crippen LogP contribution in [0.15, 0.2) is 24.3 Å². The molecule has 0 unspecified atom stereocenters. The zero-order chi connectivity index (χ0) is 25.2. The number of rotatable bonds is 7. The molecule has 5 N–H and O–H groups in total. The lowest BCUT2D eigenvalue weighted by molar-refractivity contribution is -0.134. The van der Waals surface area contributed by atoms with E-state index < -0.39 is 23.9 Å². The highest BCUT2D eigenvalue weighted by molar-refractivity contribution is 5.90. The summed E-state index contributed by atoms with van der Waals surface area (Å²) >= 11 is 0. The molecule has 12 heteroatoms. The molecular weight excluding hydrogens is 438 g/mol. The number of hydrogen-bond acceptors (Lipinski definition) is 7. The van der Waals surface area contributed by atoms with E-state index in [2.05, 4.69) is 22.2 Å². The minimum absolute atomic E-state index is 0.224. The van der Waals surface area contributed by atoms with Gasteiger partial charge in [0.15, 0.2) is 0 Å². The van der Waals surface area contributed by atoms with Crippen LogP contribution in [0.1, 0.15) is 32.1 Å². The average Bonchev–Trinajstić information content (AvgIpc) is 2.74. The summed E-state index contributed by atoms with van der Waals surface area (Å²) in [6, 6.07) is 0.448. The fraction of sp³-hybridized carbons (Fsp3) is 0.571. The molecule has 0 aromatic rings. The lowest BCUT2D eigenvalue weighted by atomic mass is 9.95. The van der Waals surface area contributed by atoms with E-state index in [1.807, 2.05) is 0 Å². The van der Waals surface area contributed by atoms with Crippen molar-refractivity contribution in [2.24, 2.45) is 0 Å². The van der Waals surface area contributed by atoms with Crippen molar-refractivity contribution in [3.63, 3.8) is 0 Å². The summed E-state index contributed by atoms with van der Waals surface area (Å²) in [4.78, 5) is 54.7. The minimum atomic E-state index is -1.26. The van der Waals surface area contributed by atoms with E-state index in [9.17, 15) is 24.0 Å². The van der Waals surface area contributed by atoms with Gasteiger partial charge in [-0.25, -0.2) is 19.2 Å². The molecule has 1 saturated heterocycles. The fourth-order valence-corrected chi connectivity index (χ4v) is 3.01. The van der Waals surface area contributed by atoms with Gasteiger partial charge in [0, 0.05) is 56.5 Å². The molecule has 2 rings (SSSR count). The van der Waals surface area contributed by atoms with Crippen molar-refractivity contribution in [1.82, 2.24) is 15.1 Å². The third-order valence-corrected chi connectivity index (χ3v) is 4.67. The maximum absolute atomic E-state index is 11.9. The lowest BCUT2D eigenvalue weighted by Crippen LogP contribution is -2.49. The van der Waals surface area contributed by atoms with Crippen LogP contribution in [-0.4, -0.2) is 106 Å². The molecule has 12 nitrogen and oxygen atoms in total. The number of hydrogen-bond donors (Lipinski definition) is 5. The second-order valence-electron chi connectivity index (χ2n) is 7.50. The molecule has 1 amide bonds. The number of amides is 1. The first-order valence-corrected chi connectivity index (χ1v) is 10.5. The van der Waals surface area contributed by atoms with E-state index in [0.29, 0.717) is 36.9 Å². The van der Waals surface area contributed by atoms with E-state index in [0.717, 1.165) is 26.2 Å². The summed E-state index contributed by atoms with van der Waals surface area (Å²) in [5, 5.41) is 34.4. The van der Waals surface area contributed by atoms with Crippen LogP contribution in [0.5, 0.6) is 0 Å². The van der Waals surface area contributed by atoms with Crippen molar-refractivity contribution in [1.29, 1.82) is 0 Å². The van der Waals surface area contributed by atoms with Gasteiger partial charge in [-0.3, -0.25) is 9.69 Å². The molecule has 2 aliphatic rings. The number of nitrogens with one attached hydrogen (secondary N) is 1. The van der Waals surface area contributed by atoms with E-state index in [4.69, 9.17) is 20.4 Å². The van der Waals surface area contributed by atoms with Crippen molar-refractivity contribution >= 4 is 29.8 Å². The Labute approximate surface area is 192 Å². The second kappa shape index (κ2) is 17.3. The molecule has 0 atom stereocenters. The maximum atomic E-state index is 11.9. The van der Waals surface area contributed by atoms with Crippen molar-refractivity contribution < 1.29 is 44.4 Å². The smallest absolute Gasteiger partial charge is 0.328 e. The lowest BCUT2D eigenvalue weighted by Gasteiger charge is -2.32. The summed E-state index contributed by atoms with van der Waals surface area (Å²) in [5.74, 6) is -4.80. The summed E-state index contributed by atoms with van der Waals surface area (Å²) in [6.45, 7) is 4.79. The topological polar surface area (TPSA) is 185 Å². The number of nitrogens with zero attached hydrogens (tertiary/aromatic N) is 2. The quantitative estimate of drug-likeness (QED) is 0.317. The van der Waals surface area contributed by atoms with Crippen molar-refractivity contribution in [3.8, 4) is 0 Å². The maximum Gasteiger partial charge on any atom is 0.328 e. The minimum Gasteiger partial charge on any atom is -0.478 e. The van der Waals surface area contributed by atoms with Gasteiger partial charge in [0.1, 0.15) is 0 Å². The Balaban J connectivity index is 0.000000539. The molecule has 0 aromatic heterocycles. The van der Waals surface area contributed by atoms with Crippen molar-refractivity contribution in [3.05, 3.63) is 24.3 Å². The first-order chi connectivity index (χ1) is 15.5. The van der Waals surface area contributed by atoms with E-state index in [1.165, 1.54) is 32.1 Å². The summed E-state index contributed by atoms with van der Waals surface area (Å²) < 4.78 is 0. The summed E-state index contributed by atoms with van der Waals surface area (Å²) in [7, 11) is 2.14. The van der Waals surface area contributed by atoms with Gasteiger partial charge in [0.25, 0.3) is 0 Å². The molecule has 2 fully saturated rings. The molecule has 0 radical (unpaired) electrons. The number of carbonyl (C=O) groups excluding carboxylic acids is 1. The van der Waals surface area contributed by atoms with Crippen LogP contribution in [0.2, 0.25) is 0 Å². The van der Waals surface area contributed by atoms with Gasteiger partial charge in [0.05, 0.1) is 6.54 Å². The standard InChI is InChI=1S/C13H25N3O.2C4H4O4/c1-15-7-9-16(10-8-15)11-13(17)14-12-5-3-2-4-6-12;2*5-3(6)1-2-4(7)8/h12H,2-11H2,1H3,(H,14,17);2*1-2H,(H,5,6)(H,7,8)/b;2*2-1+. The Kier molecular flexibility index (Phi) is 15.6. The van der Waals surface area contributed by atoms with Crippen LogP contribution in [-0.2, 0) is 24.0 Å². The second-order valence-corrected chi connectivity index (χ2v) is 7.50. The van der Waals surface area contributed by atoms with E-state index >= 15 is 0 Å². The average molecular weight is 472 g/mol. The Morgan fingerprint density at radius 3 is 1.48 bits per heavy atom. The van der Waals surface area contributed by atoms with Crippen LogP contribution in [0.3, 0.4) is 0 Å². The van der Waals surface area contributed by atoms with Gasteiger partial charge in [0.2, 0.25) is 5.91 Å². The predicted octanol–water partition coefficient (Wildman–Crippen LogP) is 0.106. The molecule has 0 bridgehead atoms. The van der Waals surface area contributed by atoms with Crippen molar-refractivity contribution in [2.45, 2.75) is 38.1 Å². The zero-order valence-electron chi connectivity index (χ0n) is 18.7. The number of piperazine rings is 1. The van der Waals surface area contributed by atoms with Crippen LogP contribution in [0, 0.1) is 0 Å². The zero-order valence-corrected chi connectivity index (χ0v) is 18.7. The van der Waals surface area contributed by atoms with Gasteiger partial charge in [-0.05, 0) is 19.9 Å². The molecule has 0 spiro atoms. The molecule has 1 heterocycles. The molecule has 33 heavy (non-hydrogen) atoms. The molecule has 186 valence electrons. The Morgan fingerprint density at radius 1 is 0.727 bits per heavy atom. The largest absolute Gasteiger partial charge is 0.478 e. The Hall–Kier alpha value is -3.25. The van der Waals surface area contributed by atoms with Crippen molar-refractivity contribution in [2.75, 3.05) is 39.8 Å². The summed E-state index contributed by atoms with van der Waals surface area (Å²) in [5.41, 5.74) is 0. The molecule has 1 aliphatic carbocycles. The van der Waals surface area contributed by atoms with Crippen LogP contribution >= 0.6 is 0 Å². The monoisotopic (exact) mass is 471 g/mol. The number of likely N-dealkylation sites (N-methyl/N-ethyl adjacent to an activating group) is 1. The van der Waals surface area contributed by atoms with Gasteiger partial charge in [-0.15, -0.1) is 0 Å². The molecule has 0 aromatic carbocycles. The van der Waals surface area contributed by atoms with Crippen LogP contribution < -0.4 is 5.32 Å². The SMILES string of the molecule is CN1CCN(CC(=O)NC2CCCCC2)CC1.O=C(O)/C=C/C(=O)O.O=C(O)/C=C/C(=O)O. The number of carboxylic acids is 4. The van der Waals surface area contributed by atoms with Gasteiger partial charge >= 0.3 is 23.9 Å². The molecule has 1 aliphatic heterocycles. The molecule has 1 saturated carbocycles. The third kappa shape index (κ3) is 19.2. The normalized spacial score (nSPS) is 17.4. The Bertz CT molecular complexity index is 642. The number of aliphatic carboxylic acids is 4. The highest BCUT2D eigenvalue weighted by Crippen LogP contribution is 2.17. The van der Waals surface area contributed by atoms with E-state index in [-0.39, 0.29) is 5.91 Å². The highest BCUT2D eigenvalue weighted by Gasteiger charge is 2.19. The number of carbonyl (C=O) groups is 5. The van der Waals surface area contributed by atoms with Crippen LogP contribution in [0.25, 0.3) is 0 Å². The third-order valence-electron chi connectivity index (χ3n) is 4.67. The van der Waals surface area contributed by atoms with Gasteiger partial charge < -0.3 is 30.6 Å². The van der Waals surface area contributed by atoms with Crippen LogP contribution in [0.4, 0.5) is 0 Å². The Morgan fingerprint density at radius 2 is 1.12 bits per heavy atom. The highest BCUT2D eigenvalue weighted by atomic mass is 16.4. The van der Waals surface area contributed by atoms with Gasteiger partial charge in [-0.2, -0.15) is 0 Å². The first kappa shape index (κ1) is 29.8. The summed E-state index contributed by atoms with van der Waals surface area (Å²) in [6.07, 6.45) is 8.47. The fourth-order valence-electron chi connectivity index (χ4n) is 3.01. The molecular formula is C21H33N3O9. The number of carboxylic acid groups (broad SMARTS) is 4. The van der Waals surface area contributed by atoms with E-state index in [1.54, 1.807) is 0 Å². The predicted molar refractivity (Wildman–Crippen MR) is 118 cm³/mol. The van der Waals surface area contributed by atoms with Gasteiger partial charge in [-0.1, -0.05) is 19.3 Å². The first-order valence-electron chi connectivity index (χ1n) is 10.5.